The molecule has 0 aliphatic heterocycles. The van der Waals surface area contributed by atoms with Crippen LogP contribution in [0.5, 0.6) is 0 Å². The highest BCUT2D eigenvalue weighted by atomic mass is 16.1. The van der Waals surface area contributed by atoms with E-state index in [9.17, 15) is 4.79 Å². The van der Waals surface area contributed by atoms with Gasteiger partial charge in [-0.25, -0.2) is 0 Å². The van der Waals surface area contributed by atoms with Gasteiger partial charge in [0, 0.05) is 12.8 Å². The van der Waals surface area contributed by atoms with E-state index in [1.165, 1.54) is 59.1 Å². The van der Waals surface area contributed by atoms with Gasteiger partial charge in [-0.1, -0.05) is 47.5 Å². The van der Waals surface area contributed by atoms with Gasteiger partial charge in [-0.2, -0.15) is 0 Å². The summed E-state index contributed by atoms with van der Waals surface area (Å²) in [5.74, 6) is 2.74. The normalized spacial score (nSPS) is 18.7. The molecular formula is C27H34O. The number of hydrogen-bond donors (Lipinski definition) is 0. The molecule has 0 aromatic heterocycles. The molecular weight excluding hydrogens is 340 g/mol. The van der Waals surface area contributed by atoms with Crippen molar-refractivity contribution in [2.75, 3.05) is 0 Å². The van der Waals surface area contributed by atoms with E-state index in [0.717, 1.165) is 12.8 Å². The van der Waals surface area contributed by atoms with Crippen LogP contribution in [-0.2, 0) is 4.79 Å². The molecule has 0 saturated heterocycles. The lowest BCUT2D eigenvalue weighted by Crippen LogP contribution is -2.15. The minimum absolute atomic E-state index is 0.423. The van der Waals surface area contributed by atoms with Crippen molar-refractivity contribution in [3.05, 3.63) is 69.8 Å². The smallest absolute Gasteiger partial charge is 0.134 e. The second-order valence-corrected chi connectivity index (χ2v) is 9.55. The van der Waals surface area contributed by atoms with Crippen LogP contribution in [0, 0.1) is 39.5 Å². The van der Waals surface area contributed by atoms with Crippen molar-refractivity contribution in [3.8, 4) is 0 Å². The molecule has 2 aromatic rings. The quantitative estimate of drug-likeness (QED) is 0.488. The predicted octanol–water partition coefficient (Wildman–Crippen LogP) is 6.96. The predicted molar refractivity (Wildman–Crippen MR) is 117 cm³/mol. The Hall–Kier alpha value is -1.89. The zero-order valence-electron chi connectivity index (χ0n) is 17.9. The Bertz CT molecular complexity index is 798. The number of rotatable bonds is 8. The van der Waals surface area contributed by atoms with Gasteiger partial charge in [0.15, 0.2) is 0 Å². The van der Waals surface area contributed by atoms with Gasteiger partial charge in [-0.3, -0.25) is 4.79 Å². The molecule has 2 aliphatic carbocycles. The first-order valence-corrected chi connectivity index (χ1v) is 11.1. The van der Waals surface area contributed by atoms with Crippen LogP contribution in [0.3, 0.4) is 0 Å². The minimum Gasteiger partial charge on any atom is -0.300 e. The van der Waals surface area contributed by atoms with E-state index in [4.69, 9.17) is 0 Å². The number of aryl methyl sites for hydroxylation is 4. The zero-order valence-corrected chi connectivity index (χ0v) is 17.9. The Balaban J connectivity index is 1.51. The third-order valence-corrected chi connectivity index (χ3v) is 6.93. The van der Waals surface area contributed by atoms with Crippen molar-refractivity contribution >= 4 is 5.78 Å². The van der Waals surface area contributed by atoms with E-state index >= 15 is 0 Å². The van der Waals surface area contributed by atoms with E-state index in [-0.39, 0.29) is 0 Å². The number of benzene rings is 2. The number of carbonyl (C=O) groups excluding carboxylic acids is 1. The first-order chi connectivity index (χ1) is 13.4. The fourth-order valence-corrected chi connectivity index (χ4v) is 5.12. The summed E-state index contributed by atoms with van der Waals surface area (Å²) in [5.41, 5.74) is 8.17. The molecule has 4 rings (SSSR count). The maximum Gasteiger partial charge on any atom is 0.134 e. The molecule has 2 fully saturated rings. The van der Waals surface area contributed by atoms with Gasteiger partial charge < -0.3 is 0 Å². The van der Waals surface area contributed by atoms with Crippen molar-refractivity contribution in [3.63, 3.8) is 0 Å². The van der Waals surface area contributed by atoms with Gasteiger partial charge in [0.25, 0.3) is 0 Å². The molecule has 2 saturated carbocycles. The van der Waals surface area contributed by atoms with E-state index in [1.807, 2.05) is 0 Å². The Kier molecular flexibility index (Phi) is 5.45. The lowest BCUT2D eigenvalue weighted by molar-refractivity contribution is -0.120. The molecule has 0 N–H and O–H groups in total. The highest BCUT2D eigenvalue weighted by Gasteiger charge is 2.37. The van der Waals surface area contributed by atoms with Gasteiger partial charge in [-0.05, 0) is 99.3 Å². The number of ketones is 1. The molecule has 148 valence electrons. The molecule has 0 bridgehead atoms. The van der Waals surface area contributed by atoms with Crippen LogP contribution in [0.1, 0.15) is 83.7 Å². The standard InChI is InChI=1S/C27H34O/c1-17-5-11-24(19(3)13-17)26(21-7-8-21)15-23(28)16-27(22-9-10-22)25-12-6-18(2)14-20(25)4/h5-6,11-14,21-22,26-27H,7-10,15-16H2,1-4H3. The van der Waals surface area contributed by atoms with Gasteiger partial charge in [-0.15, -0.1) is 0 Å². The first kappa shape index (κ1) is 19.4. The summed E-state index contributed by atoms with van der Waals surface area (Å²) >= 11 is 0. The van der Waals surface area contributed by atoms with E-state index in [1.54, 1.807) is 0 Å². The van der Waals surface area contributed by atoms with Gasteiger partial charge >= 0.3 is 0 Å². The van der Waals surface area contributed by atoms with Crippen LogP contribution in [-0.4, -0.2) is 5.78 Å². The summed E-state index contributed by atoms with van der Waals surface area (Å²) in [4.78, 5) is 13.2. The Morgan fingerprint density at radius 2 is 1.14 bits per heavy atom. The maximum atomic E-state index is 13.2. The second-order valence-electron chi connectivity index (χ2n) is 9.55. The Morgan fingerprint density at radius 1 is 0.750 bits per heavy atom. The van der Waals surface area contributed by atoms with Crippen molar-refractivity contribution < 1.29 is 4.79 Å². The van der Waals surface area contributed by atoms with Crippen LogP contribution in [0.2, 0.25) is 0 Å². The lowest BCUT2D eigenvalue weighted by Gasteiger charge is -2.22. The number of carbonyl (C=O) groups is 1. The second kappa shape index (κ2) is 7.85. The van der Waals surface area contributed by atoms with Crippen LogP contribution in [0.15, 0.2) is 36.4 Å². The SMILES string of the molecule is Cc1ccc(C(CC(=O)CC(c2ccc(C)cc2C)C2CC2)C2CC2)c(C)c1. The molecule has 2 aliphatic rings. The Labute approximate surface area is 170 Å². The van der Waals surface area contributed by atoms with Crippen LogP contribution < -0.4 is 0 Å². The van der Waals surface area contributed by atoms with Crippen molar-refractivity contribution in [2.45, 2.75) is 78.1 Å². The maximum absolute atomic E-state index is 13.2. The average Bonchev–Trinajstić information content (AvgIpc) is 3.53. The molecule has 2 atom stereocenters. The van der Waals surface area contributed by atoms with E-state index < -0.39 is 0 Å². The third kappa shape index (κ3) is 4.40. The summed E-state index contributed by atoms with van der Waals surface area (Å²) < 4.78 is 0. The molecule has 0 spiro atoms. The van der Waals surface area contributed by atoms with Crippen molar-refractivity contribution in [1.82, 2.24) is 0 Å². The van der Waals surface area contributed by atoms with Gasteiger partial charge in [0.2, 0.25) is 0 Å². The summed E-state index contributed by atoms with van der Waals surface area (Å²) in [5, 5.41) is 0. The molecule has 28 heavy (non-hydrogen) atoms. The highest BCUT2D eigenvalue weighted by molar-refractivity contribution is 5.80. The summed E-state index contributed by atoms with van der Waals surface area (Å²) in [6.07, 6.45) is 6.59. The van der Waals surface area contributed by atoms with E-state index in [2.05, 4.69) is 64.1 Å². The number of Topliss-reactive ketones (excluding diaryl/α,β-unsaturated/α-hetero) is 1. The van der Waals surface area contributed by atoms with Gasteiger partial charge in [0.1, 0.15) is 5.78 Å². The monoisotopic (exact) mass is 374 g/mol. The fraction of sp³-hybridized carbons (Fsp3) is 0.519. The third-order valence-electron chi connectivity index (χ3n) is 6.93. The minimum atomic E-state index is 0.423. The van der Waals surface area contributed by atoms with Gasteiger partial charge in [0.05, 0.1) is 0 Å². The van der Waals surface area contributed by atoms with Crippen molar-refractivity contribution in [1.29, 1.82) is 0 Å². The number of hydrogen-bond acceptors (Lipinski definition) is 1. The molecule has 1 nitrogen and oxygen atoms in total. The van der Waals surface area contributed by atoms with E-state index in [0.29, 0.717) is 29.5 Å². The fourth-order valence-electron chi connectivity index (χ4n) is 5.12. The average molecular weight is 375 g/mol. The first-order valence-electron chi connectivity index (χ1n) is 11.1. The summed E-state index contributed by atoms with van der Waals surface area (Å²) in [6, 6.07) is 13.5. The highest BCUT2D eigenvalue weighted by Crippen LogP contribution is 2.48. The lowest BCUT2D eigenvalue weighted by atomic mass is 9.81. The summed E-state index contributed by atoms with van der Waals surface area (Å²) in [7, 11) is 0. The molecule has 2 aromatic carbocycles. The zero-order chi connectivity index (χ0) is 19.8. The topological polar surface area (TPSA) is 17.1 Å². The molecule has 0 radical (unpaired) electrons. The van der Waals surface area contributed by atoms with Crippen molar-refractivity contribution in [2.24, 2.45) is 11.8 Å². The molecule has 2 unspecified atom stereocenters. The van der Waals surface area contributed by atoms with Crippen LogP contribution in [0.25, 0.3) is 0 Å². The van der Waals surface area contributed by atoms with Crippen LogP contribution >= 0.6 is 0 Å². The molecule has 0 heterocycles. The largest absolute Gasteiger partial charge is 0.300 e. The Morgan fingerprint density at radius 3 is 1.46 bits per heavy atom. The molecule has 1 heteroatoms. The summed E-state index contributed by atoms with van der Waals surface area (Å²) in [6.45, 7) is 8.73. The van der Waals surface area contributed by atoms with Crippen LogP contribution in [0.4, 0.5) is 0 Å². The molecule has 0 amide bonds.